The summed E-state index contributed by atoms with van der Waals surface area (Å²) < 4.78 is 1.70. The molecule has 1 aliphatic rings. The minimum absolute atomic E-state index is 0.0421. The number of likely N-dealkylation sites (N-methyl/N-ethyl adjacent to an activating group) is 1. The lowest BCUT2D eigenvalue weighted by atomic mass is 10.0. The van der Waals surface area contributed by atoms with Crippen LogP contribution in [0.5, 0.6) is 0 Å². The standard InChI is InChI=1S/C15H18ClN3O/c1-18-8-3-2-5-11(18)9-19-10-17-13-7-4-6-12(16)14(13)15(19)20/h4,6-7,10-11H,2-3,5,8-9H2,1H3. The van der Waals surface area contributed by atoms with Gasteiger partial charge in [0.15, 0.2) is 0 Å². The molecule has 5 heteroatoms. The van der Waals surface area contributed by atoms with E-state index in [1.807, 2.05) is 12.1 Å². The Morgan fingerprint density at radius 1 is 1.40 bits per heavy atom. The average Bonchev–Trinajstić information content (AvgIpc) is 2.44. The Kier molecular flexibility index (Phi) is 3.76. The van der Waals surface area contributed by atoms with Gasteiger partial charge in [-0.1, -0.05) is 24.1 Å². The average molecular weight is 292 g/mol. The molecular formula is C15H18ClN3O. The molecule has 0 aliphatic carbocycles. The van der Waals surface area contributed by atoms with Crippen LogP contribution in [0.4, 0.5) is 0 Å². The highest BCUT2D eigenvalue weighted by atomic mass is 35.5. The number of likely N-dealkylation sites (tertiary alicyclic amines) is 1. The van der Waals surface area contributed by atoms with E-state index in [2.05, 4.69) is 16.9 Å². The van der Waals surface area contributed by atoms with E-state index >= 15 is 0 Å². The van der Waals surface area contributed by atoms with Gasteiger partial charge < -0.3 is 4.90 Å². The predicted molar refractivity (Wildman–Crippen MR) is 81.3 cm³/mol. The Bertz CT molecular complexity index is 682. The molecule has 0 spiro atoms. The lowest BCUT2D eigenvalue weighted by molar-refractivity contribution is 0.166. The Labute approximate surface area is 123 Å². The lowest BCUT2D eigenvalue weighted by Crippen LogP contribution is -2.41. The van der Waals surface area contributed by atoms with Crippen molar-refractivity contribution in [2.24, 2.45) is 0 Å². The Morgan fingerprint density at radius 3 is 3.05 bits per heavy atom. The van der Waals surface area contributed by atoms with Crippen molar-refractivity contribution < 1.29 is 0 Å². The summed E-state index contributed by atoms with van der Waals surface area (Å²) in [5.74, 6) is 0. The van der Waals surface area contributed by atoms with Gasteiger partial charge in [-0.3, -0.25) is 9.36 Å². The summed E-state index contributed by atoms with van der Waals surface area (Å²) in [6, 6.07) is 5.78. The molecule has 4 nitrogen and oxygen atoms in total. The van der Waals surface area contributed by atoms with Gasteiger partial charge in [0, 0.05) is 12.6 Å². The molecule has 2 heterocycles. The molecule has 3 rings (SSSR count). The lowest BCUT2D eigenvalue weighted by Gasteiger charge is -2.32. The van der Waals surface area contributed by atoms with Gasteiger partial charge in [0.2, 0.25) is 0 Å². The number of nitrogens with zero attached hydrogens (tertiary/aromatic N) is 3. The first-order valence-corrected chi connectivity index (χ1v) is 7.38. The van der Waals surface area contributed by atoms with E-state index in [0.717, 1.165) is 13.0 Å². The number of fused-ring (bicyclic) bond motifs is 1. The van der Waals surface area contributed by atoms with Gasteiger partial charge >= 0.3 is 0 Å². The Hall–Kier alpha value is -1.39. The number of halogens is 1. The summed E-state index contributed by atoms with van der Waals surface area (Å²) in [7, 11) is 2.12. The second-order valence-electron chi connectivity index (χ2n) is 5.47. The molecule has 1 aliphatic heterocycles. The molecule has 1 aromatic carbocycles. The molecule has 1 saturated heterocycles. The smallest absolute Gasteiger partial charge is 0.262 e. The third-order valence-electron chi connectivity index (χ3n) is 4.13. The van der Waals surface area contributed by atoms with Crippen molar-refractivity contribution in [3.8, 4) is 0 Å². The van der Waals surface area contributed by atoms with Gasteiger partial charge in [-0.05, 0) is 38.6 Å². The summed E-state index contributed by atoms with van der Waals surface area (Å²) in [6.07, 6.45) is 5.24. The van der Waals surface area contributed by atoms with E-state index < -0.39 is 0 Å². The summed E-state index contributed by atoms with van der Waals surface area (Å²) in [5, 5.41) is 1.00. The molecule has 1 unspecified atom stereocenters. The van der Waals surface area contributed by atoms with Gasteiger partial charge in [-0.25, -0.2) is 4.98 Å². The first-order valence-electron chi connectivity index (χ1n) is 7.01. The van der Waals surface area contributed by atoms with Crippen LogP contribution in [-0.4, -0.2) is 34.1 Å². The Morgan fingerprint density at radius 2 is 2.25 bits per heavy atom. The summed E-state index contributed by atoms with van der Waals surface area (Å²) in [4.78, 5) is 19.2. The highest BCUT2D eigenvalue weighted by Crippen LogP contribution is 2.19. The van der Waals surface area contributed by atoms with E-state index in [4.69, 9.17) is 11.6 Å². The maximum absolute atomic E-state index is 12.5. The molecule has 0 radical (unpaired) electrons. The Balaban J connectivity index is 1.98. The molecule has 2 aromatic rings. The van der Waals surface area contributed by atoms with Crippen molar-refractivity contribution >= 4 is 22.5 Å². The van der Waals surface area contributed by atoms with E-state index in [0.29, 0.717) is 28.5 Å². The topological polar surface area (TPSA) is 38.1 Å². The van der Waals surface area contributed by atoms with Gasteiger partial charge in [-0.15, -0.1) is 0 Å². The zero-order chi connectivity index (χ0) is 14.1. The van der Waals surface area contributed by atoms with Gasteiger partial charge in [0.25, 0.3) is 5.56 Å². The zero-order valence-corrected chi connectivity index (χ0v) is 12.3. The fraction of sp³-hybridized carbons (Fsp3) is 0.467. The SMILES string of the molecule is CN1CCCCC1Cn1cnc2cccc(Cl)c2c1=O. The van der Waals surface area contributed by atoms with E-state index in [-0.39, 0.29) is 5.56 Å². The third-order valence-corrected chi connectivity index (χ3v) is 4.45. The molecular weight excluding hydrogens is 274 g/mol. The highest BCUT2D eigenvalue weighted by Gasteiger charge is 2.20. The molecule has 0 saturated carbocycles. The van der Waals surface area contributed by atoms with Crippen LogP contribution in [0.1, 0.15) is 19.3 Å². The number of aromatic nitrogens is 2. The summed E-state index contributed by atoms with van der Waals surface area (Å²) in [6.45, 7) is 1.78. The molecule has 1 fully saturated rings. The fourth-order valence-corrected chi connectivity index (χ4v) is 3.14. The highest BCUT2D eigenvalue weighted by molar-refractivity contribution is 6.35. The van der Waals surface area contributed by atoms with Crippen molar-refractivity contribution in [3.05, 3.63) is 39.9 Å². The molecule has 106 valence electrons. The van der Waals surface area contributed by atoms with Gasteiger partial charge in [-0.2, -0.15) is 0 Å². The first-order chi connectivity index (χ1) is 9.66. The maximum Gasteiger partial charge on any atom is 0.262 e. The molecule has 1 atom stereocenters. The van der Waals surface area contributed by atoms with Crippen molar-refractivity contribution in [1.82, 2.24) is 14.5 Å². The number of rotatable bonds is 2. The molecule has 0 N–H and O–H groups in total. The number of hydrogen-bond donors (Lipinski definition) is 0. The van der Waals surface area contributed by atoms with Crippen LogP contribution in [0.2, 0.25) is 5.02 Å². The second kappa shape index (κ2) is 5.54. The van der Waals surface area contributed by atoms with E-state index in [9.17, 15) is 4.79 Å². The quantitative estimate of drug-likeness (QED) is 0.853. The van der Waals surface area contributed by atoms with Gasteiger partial charge in [0.1, 0.15) is 0 Å². The second-order valence-corrected chi connectivity index (χ2v) is 5.87. The van der Waals surface area contributed by atoms with Crippen LogP contribution in [-0.2, 0) is 6.54 Å². The third kappa shape index (κ3) is 2.45. The van der Waals surface area contributed by atoms with Gasteiger partial charge in [0.05, 0.1) is 22.3 Å². The number of hydrogen-bond acceptors (Lipinski definition) is 3. The maximum atomic E-state index is 12.5. The number of piperidine rings is 1. The number of benzene rings is 1. The monoisotopic (exact) mass is 291 g/mol. The largest absolute Gasteiger partial charge is 0.302 e. The van der Waals surface area contributed by atoms with Crippen LogP contribution in [0.25, 0.3) is 10.9 Å². The van der Waals surface area contributed by atoms with Crippen molar-refractivity contribution in [2.75, 3.05) is 13.6 Å². The van der Waals surface area contributed by atoms with Crippen LogP contribution in [0.15, 0.2) is 29.3 Å². The summed E-state index contributed by atoms with van der Waals surface area (Å²) in [5.41, 5.74) is 0.621. The fourth-order valence-electron chi connectivity index (χ4n) is 2.89. The normalized spacial score (nSPS) is 20.4. The minimum atomic E-state index is -0.0421. The van der Waals surface area contributed by atoms with Crippen molar-refractivity contribution in [3.63, 3.8) is 0 Å². The van der Waals surface area contributed by atoms with Crippen LogP contribution in [0.3, 0.4) is 0 Å². The first kappa shape index (κ1) is 13.6. The minimum Gasteiger partial charge on any atom is -0.302 e. The molecule has 20 heavy (non-hydrogen) atoms. The van der Waals surface area contributed by atoms with Crippen molar-refractivity contribution in [2.45, 2.75) is 31.8 Å². The van der Waals surface area contributed by atoms with Crippen molar-refractivity contribution in [1.29, 1.82) is 0 Å². The van der Waals surface area contributed by atoms with Crippen LogP contribution >= 0.6 is 11.6 Å². The van der Waals surface area contributed by atoms with Crippen LogP contribution in [0, 0.1) is 0 Å². The zero-order valence-electron chi connectivity index (χ0n) is 11.6. The molecule has 1 aromatic heterocycles. The van der Waals surface area contributed by atoms with E-state index in [1.54, 1.807) is 17.0 Å². The molecule has 0 bridgehead atoms. The molecule has 0 amide bonds. The predicted octanol–water partition coefficient (Wildman–Crippen LogP) is 2.53. The van der Waals surface area contributed by atoms with E-state index in [1.165, 1.54) is 12.8 Å². The van der Waals surface area contributed by atoms with Crippen LogP contribution < -0.4 is 5.56 Å². The summed E-state index contributed by atoms with van der Waals surface area (Å²) >= 11 is 6.14.